The van der Waals surface area contributed by atoms with E-state index >= 15 is 0 Å². The fraction of sp³-hybridized carbons (Fsp3) is 0.409. The maximum absolute atomic E-state index is 13.4. The monoisotopic (exact) mass is 470 g/mol. The first kappa shape index (κ1) is 24.5. The largest absolute Gasteiger partial charge is 0.350 e. The van der Waals surface area contributed by atoms with E-state index < -0.39 is 28.0 Å². The SMILES string of the molecule is CC(C)(C)CC(C)(C)NC(=O)CN(c1cccc(Cl)c1Cl)S(=O)(=O)c1ccccc1. The molecule has 0 aliphatic rings. The Hall–Kier alpha value is -1.76. The van der Waals surface area contributed by atoms with Gasteiger partial charge in [0.05, 0.1) is 20.6 Å². The van der Waals surface area contributed by atoms with Gasteiger partial charge in [-0.2, -0.15) is 0 Å². The third kappa shape index (κ3) is 6.37. The van der Waals surface area contributed by atoms with E-state index in [1.165, 1.54) is 18.2 Å². The summed E-state index contributed by atoms with van der Waals surface area (Å²) >= 11 is 12.4. The molecule has 0 bridgehead atoms. The highest BCUT2D eigenvalue weighted by Crippen LogP contribution is 2.35. The Labute approximate surface area is 189 Å². The lowest BCUT2D eigenvalue weighted by Crippen LogP contribution is -2.50. The maximum atomic E-state index is 13.4. The molecule has 1 N–H and O–H groups in total. The summed E-state index contributed by atoms with van der Waals surface area (Å²) in [6.45, 7) is 9.65. The molecule has 0 fully saturated rings. The van der Waals surface area contributed by atoms with Crippen LogP contribution in [0.2, 0.25) is 10.0 Å². The third-order valence-electron chi connectivity index (χ3n) is 4.27. The normalized spacial score (nSPS) is 12.5. The molecule has 5 nitrogen and oxygen atoms in total. The van der Waals surface area contributed by atoms with Crippen LogP contribution < -0.4 is 9.62 Å². The number of amides is 1. The number of anilines is 1. The summed E-state index contributed by atoms with van der Waals surface area (Å²) in [5, 5.41) is 3.22. The average molecular weight is 471 g/mol. The van der Waals surface area contributed by atoms with Crippen molar-refractivity contribution in [2.45, 2.75) is 51.5 Å². The number of carbonyl (C=O) groups excluding carboxylic acids is 1. The van der Waals surface area contributed by atoms with Crippen LogP contribution in [0.25, 0.3) is 0 Å². The molecule has 0 saturated heterocycles. The summed E-state index contributed by atoms with van der Waals surface area (Å²) in [5.74, 6) is -0.431. The molecule has 30 heavy (non-hydrogen) atoms. The molecule has 0 saturated carbocycles. The number of carbonyl (C=O) groups is 1. The van der Waals surface area contributed by atoms with Gasteiger partial charge in [-0.1, -0.05) is 68.2 Å². The summed E-state index contributed by atoms with van der Waals surface area (Å²) in [4.78, 5) is 13.0. The zero-order chi connectivity index (χ0) is 22.7. The Balaban J connectivity index is 2.43. The van der Waals surface area contributed by atoms with Gasteiger partial charge in [-0.25, -0.2) is 8.42 Å². The number of halogens is 2. The van der Waals surface area contributed by atoms with Gasteiger partial charge in [-0.3, -0.25) is 9.10 Å². The summed E-state index contributed by atoms with van der Waals surface area (Å²) in [6.07, 6.45) is 0.717. The molecule has 0 aliphatic carbocycles. The molecule has 0 aliphatic heterocycles. The van der Waals surface area contributed by atoms with Crippen LogP contribution in [0.4, 0.5) is 5.69 Å². The molecule has 164 valence electrons. The molecule has 2 aromatic rings. The van der Waals surface area contributed by atoms with Gasteiger partial charge in [0.15, 0.2) is 0 Å². The quantitative estimate of drug-likeness (QED) is 0.578. The summed E-state index contributed by atoms with van der Waals surface area (Å²) in [5.41, 5.74) is -0.379. The van der Waals surface area contributed by atoms with Gasteiger partial charge >= 0.3 is 0 Å². The minimum Gasteiger partial charge on any atom is -0.350 e. The summed E-state index contributed by atoms with van der Waals surface area (Å²) in [7, 11) is -4.05. The van der Waals surface area contributed by atoms with Crippen LogP contribution in [0, 0.1) is 5.41 Å². The van der Waals surface area contributed by atoms with E-state index in [4.69, 9.17) is 23.2 Å². The van der Waals surface area contributed by atoms with Gasteiger partial charge in [-0.05, 0) is 49.9 Å². The maximum Gasteiger partial charge on any atom is 0.264 e. The van der Waals surface area contributed by atoms with Crippen molar-refractivity contribution in [3.05, 3.63) is 58.6 Å². The number of nitrogens with zero attached hydrogens (tertiary/aromatic N) is 1. The molecule has 0 aromatic heterocycles. The zero-order valence-corrected chi connectivity index (χ0v) is 20.2. The highest BCUT2D eigenvalue weighted by Gasteiger charge is 2.32. The highest BCUT2D eigenvalue weighted by atomic mass is 35.5. The molecule has 0 heterocycles. The predicted molar refractivity (Wildman–Crippen MR) is 124 cm³/mol. The lowest BCUT2D eigenvalue weighted by atomic mass is 9.82. The van der Waals surface area contributed by atoms with Crippen LogP contribution in [-0.2, 0) is 14.8 Å². The number of benzene rings is 2. The van der Waals surface area contributed by atoms with Crippen molar-refractivity contribution in [2.24, 2.45) is 5.41 Å². The summed E-state index contributed by atoms with van der Waals surface area (Å²) in [6, 6.07) is 12.6. The van der Waals surface area contributed by atoms with Crippen molar-refractivity contribution < 1.29 is 13.2 Å². The molecule has 8 heteroatoms. The standard InChI is InChI=1S/C22H28Cl2N2O3S/c1-21(2,3)15-22(4,5)25-19(27)14-26(18-13-9-12-17(23)20(18)24)30(28,29)16-10-7-6-8-11-16/h6-13H,14-15H2,1-5H3,(H,25,27). The molecule has 0 atom stereocenters. The lowest BCUT2D eigenvalue weighted by molar-refractivity contribution is -0.121. The number of nitrogens with one attached hydrogen (secondary N) is 1. The Morgan fingerprint density at radius 2 is 1.57 bits per heavy atom. The Morgan fingerprint density at radius 1 is 0.967 bits per heavy atom. The van der Waals surface area contributed by atoms with Crippen molar-refractivity contribution in [2.75, 3.05) is 10.8 Å². The van der Waals surface area contributed by atoms with Gasteiger partial charge in [0.2, 0.25) is 5.91 Å². The van der Waals surface area contributed by atoms with E-state index in [0.29, 0.717) is 0 Å². The van der Waals surface area contributed by atoms with Crippen LogP contribution >= 0.6 is 23.2 Å². The molecule has 2 rings (SSSR count). The second kappa shape index (κ2) is 9.16. The molecule has 1 amide bonds. The first-order chi connectivity index (χ1) is 13.7. The van der Waals surface area contributed by atoms with Gasteiger partial charge in [-0.15, -0.1) is 0 Å². The average Bonchev–Trinajstić information content (AvgIpc) is 2.60. The second-order valence-corrected chi connectivity index (χ2v) is 11.7. The van der Waals surface area contributed by atoms with Crippen LogP contribution in [0.15, 0.2) is 53.4 Å². The van der Waals surface area contributed by atoms with E-state index in [0.717, 1.165) is 10.7 Å². The minimum absolute atomic E-state index is 0.0111. The van der Waals surface area contributed by atoms with Crippen molar-refractivity contribution in [1.29, 1.82) is 0 Å². The van der Waals surface area contributed by atoms with Gasteiger partial charge in [0.25, 0.3) is 10.0 Å². The molecule has 2 aromatic carbocycles. The van der Waals surface area contributed by atoms with E-state index in [9.17, 15) is 13.2 Å². The Morgan fingerprint density at radius 3 is 2.13 bits per heavy atom. The lowest BCUT2D eigenvalue weighted by Gasteiger charge is -2.34. The van der Waals surface area contributed by atoms with Crippen LogP contribution in [0.3, 0.4) is 0 Å². The number of hydrogen-bond acceptors (Lipinski definition) is 3. The van der Waals surface area contributed by atoms with Crippen molar-refractivity contribution >= 4 is 44.8 Å². The van der Waals surface area contributed by atoms with Crippen LogP contribution in [0.5, 0.6) is 0 Å². The fourth-order valence-corrected chi connectivity index (χ4v) is 5.52. The van der Waals surface area contributed by atoms with E-state index in [1.54, 1.807) is 30.3 Å². The smallest absolute Gasteiger partial charge is 0.264 e. The van der Waals surface area contributed by atoms with Gasteiger partial charge in [0, 0.05) is 5.54 Å². The molecule has 0 spiro atoms. The second-order valence-electron chi connectivity index (χ2n) is 9.07. The van der Waals surface area contributed by atoms with E-state index in [-0.39, 0.29) is 26.0 Å². The van der Waals surface area contributed by atoms with E-state index in [1.807, 2.05) is 13.8 Å². The van der Waals surface area contributed by atoms with Gasteiger partial charge < -0.3 is 5.32 Å². The zero-order valence-electron chi connectivity index (χ0n) is 17.9. The third-order valence-corrected chi connectivity index (χ3v) is 6.85. The molecule has 0 unspecified atom stereocenters. The molecular formula is C22H28Cl2N2O3S. The fourth-order valence-electron chi connectivity index (χ4n) is 3.62. The minimum atomic E-state index is -4.05. The molecular weight excluding hydrogens is 443 g/mol. The highest BCUT2D eigenvalue weighted by molar-refractivity contribution is 7.92. The first-order valence-electron chi connectivity index (χ1n) is 9.56. The number of rotatable bonds is 7. The number of sulfonamides is 1. The summed E-state index contributed by atoms with van der Waals surface area (Å²) < 4.78 is 27.7. The van der Waals surface area contributed by atoms with Crippen LogP contribution in [0.1, 0.15) is 41.0 Å². The van der Waals surface area contributed by atoms with Crippen molar-refractivity contribution in [1.82, 2.24) is 5.32 Å². The van der Waals surface area contributed by atoms with Crippen LogP contribution in [-0.4, -0.2) is 26.4 Å². The predicted octanol–water partition coefficient (Wildman–Crippen LogP) is 5.52. The first-order valence-corrected chi connectivity index (χ1v) is 11.8. The van der Waals surface area contributed by atoms with Crippen molar-refractivity contribution in [3.8, 4) is 0 Å². The molecule has 0 radical (unpaired) electrons. The topological polar surface area (TPSA) is 66.5 Å². The Bertz CT molecular complexity index is 1000. The van der Waals surface area contributed by atoms with E-state index in [2.05, 4.69) is 26.1 Å². The Kier molecular flexibility index (Phi) is 7.49. The van der Waals surface area contributed by atoms with Crippen molar-refractivity contribution in [3.63, 3.8) is 0 Å². The van der Waals surface area contributed by atoms with Gasteiger partial charge in [0.1, 0.15) is 6.54 Å². The number of hydrogen-bond donors (Lipinski definition) is 1.